The molecule has 0 heterocycles. The maximum Gasteiger partial charge on any atom is 0.320 e. The average molecular weight is 263 g/mol. The Morgan fingerprint density at radius 1 is 1.22 bits per heavy atom. The Kier molecular flexibility index (Phi) is 17.8. The van der Waals surface area contributed by atoms with E-state index in [0.29, 0.717) is 6.54 Å². The summed E-state index contributed by atoms with van der Waals surface area (Å²) in [6.07, 6.45) is 4.60. The van der Waals surface area contributed by atoms with Crippen molar-refractivity contribution in [2.45, 2.75) is 45.1 Å². The monoisotopic (exact) mass is 263 g/mol. The molecule has 0 aliphatic carbocycles. The molecule has 0 radical (unpaired) electrons. The zero-order valence-electron chi connectivity index (χ0n) is 11.4. The van der Waals surface area contributed by atoms with Gasteiger partial charge in [0.1, 0.15) is 6.04 Å². The lowest BCUT2D eigenvalue weighted by atomic mass is 10.2. The molecule has 18 heavy (non-hydrogen) atoms. The fraction of sp³-hybridized carbons (Fsp3) is 0.917. The first kappa shape index (κ1) is 19.6. The predicted molar refractivity (Wildman–Crippen MR) is 73.4 cm³/mol. The van der Waals surface area contributed by atoms with E-state index in [-0.39, 0.29) is 13.0 Å². The molecule has 0 aliphatic rings. The highest BCUT2D eigenvalue weighted by molar-refractivity contribution is 5.73. The molecule has 1 unspecified atom stereocenters. The number of carboxylic acid groups (broad SMARTS) is 1. The van der Waals surface area contributed by atoms with E-state index in [4.69, 9.17) is 21.7 Å². The van der Waals surface area contributed by atoms with E-state index in [0.717, 1.165) is 32.4 Å². The minimum absolute atomic E-state index is 0.0896. The number of aliphatic hydroxyl groups is 1. The minimum atomic E-state index is -0.896. The molecule has 0 aromatic heterocycles. The topological polar surface area (TPSA) is 122 Å². The summed E-state index contributed by atoms with van der Waals surface area (Å²) in [5, 5.41) is 19.8. The molecule has 6 nitrogen and oxygen atoms in total. The lowest BCUT2D eigenvalue weighted by molar-refractivity contribution is -0.139. The molecule has 1 atom stereocenters. The Morgan fingerprint density at radius 3 is 2.11 bits per heavy atom. The van der Waals surface area contributed by atoms with Crippen molar-refractivity contribution in [3.05, 3.63) is 0 Å². The van der Waals surface area contributed by atoms with Crippen LogP contribution in [0.1, 0.15) is 39.0 Å². The van der Waals surface area contributed by atoms with E-state index in [1.807, 2.05) is 6.92 Å². The van der Waals surface area contributed by atoms with Gasteiger partial charge in [-0.3, -0.25) is 4.79 Å². The Bertz CT molecular complexity index is 176. The first-order valence-electron chi connectivity index (χ1n) is 6.61. The first-order chi connectivity index (χ1) is 8.63. The quantitative estimate of drug-likeness (QED) is 0.351. The van der Waals surface area contributed by atoms with Gasteiger partial charge in [-0.15, -0.1) is 0 Å². The normalized spacial score (nSPS) is 11.6. The van der Waals surface area contributed by atoms with Crippen molar-refractivity contribution in [2.75, 3.05) is 26.2 Å². The van der Waals surface area contributed by atoms with Crippen LogP contribution in [0.5, 0.6) is 0 Å². The molecule has 6 heteroatoms. The third-order valence-electron chi connectivity index (χ3n) is 2.26. The molecule has 0 fully saturated rings. The summed E-state index contributed by atoms with van der Waals surface area (Å²) in [5.41, 5.74) is 10.5. The SMILES string of the molecule is CCCNC(CCO)C(=O)O.NCCCCCN. The lowest BCUT2D eigenvalue weighted by Crippen LogP contribution is -2.37. The molecular weight excluding hydrogens is 234 g/mol. The van der Waals surface area contributed by atoms with Gasteiger partial charge in [0.05, 0.1) is 0 Å². The number of rotatable bonds is 10. The molecule has 0 aromatic carbocycles. The molecule has 0 amide bonds. The van der Waals surface area contributed by atoms with Crippen molar-refractivity contribution in [1.82, 2.24) is 5.32 Å². The van der Waals surface area contributed by atoms with Gasteiger partial charge in [0.2, 0.25) is 0 Å². The van der Waals surface area contributed by atoms with Gasteiger partial charge in [0, 0.05) is 6.61 Å². The summed E-state index contributed by atoms with van der Waals surface area (Å²) in [4.78, 5) is 10.4. The standard InChI is InChI=1S/C7H15NO3.C5H14N2/c1-2-4-8-6(3-5-9)7(10)11;6-4-2-1-3-5-7/h6,8-9H,2-5H2,1H3,(H,10,11);1-7H2. The number of nitrogens with two attached hydrogens (primary N) is 2. The fourth-order valence-electron chi connectivity index (χ4n) is 1.23. The number of aliphatic carboxylic acids is 1. The molecule has 0 rings (SSSR count). The molecule has 110 valence electrons. The molecule has 0 saturated heterocycles. The zero-order valence-corrected chi connectivity index (χ0v) is 11.4. The lowest BCUT2D eigenvalue weighted by Gasteiger charge is -2.11. The van der Waals surface area contributed by atoms with Crippen LogP contribution in [0.3, 0.4) is 0 Å². The highest BCUT2D eigenvalue weighted by atomic mass is 16.4. The molecular formula is C12H29N3O3. The summed E-state index contributed by atoms with van der Waals surface area (Å²) in [6.45, 7) is 4.16. The van der Waals surface area contributed by atoms with Crippen LogP contribution in [-0.2, 0) is 4.79 Å². The first-order valence-corrected chi connectivity index (χ1v) is 6.61. The zero-order chi connectivity index (χ0) is 14.2. The van der Waals surface area contributed by atoms with Gasteiger partial charge < -0.3 is 27.0 Å². The number of carboxylic acids is 1. The van der Waals surface area contributed by atoms with E-state index in [9.17, 15) is 4.79 Å². The van der Waals surface area contributed by atoms with Crippen LogP contribution in [0.25, 0.3) is 0 Å². The van der Waals surface area contributed by atoms with E-state index in [1.54, 1.807) is 0 Å². The molecule has 0 aliphatic heterocycles. The van der Waals surface area contributed by atoms with Crippen molar-refractivity contribution >= 4 is 5.97 Å². The molecule has 7 N–H and O–H groups in total. The van der Waals surface area contributed by atoms with Crippen LogP contribution in [-0.4, -0.2) is 48.5 Å². The van der Waals surface area contributed by atoms with Crippen molar-refractivity contribution in [3.63, 3.8) is 0 Å². The third kappa shape index (κ3) is 15.3. The Labute approximate surface area is 110 Å². The second-order valence-corrected chi connectivity index (χ2v) is 4.00. The molecule has 0 saturated carbocycles. The molecule has 0 aromatic rings. The molecule has 0 bridgehead atoms. The van der Waals surface area contributed by atoms with Crippen LogP contribution in [0, 0.1) is 0 Å². The fourth-order valence-corrected chi connectivity index (χ4v) is 1.23. The highest BCUT2D eigenvalue weighted by Crippen LogP contribution is 1.91. The molecule has 0 spiro atoms. The maximum absolute atomic E-state index is 10.4. The van der Waals surface area contributed by atoms with E-state index in [2.05, 4.69) is 5.32 Å². The number of unbranched alkanes of at least 4 members (excludes halogenated alkanes) is 2. The average Bonchev–Trinajstić information content (AvgIpc) is 2.35. The maximum atomic E-state index is 10.4. The number of nitrogens with one attached hydrogen (secondary N) is 1. The van der Waals surface area contributed by atoms with Gasteiger partial charge in [-0.2, -0.15) is 0 Å². The summed E-state index contributed by atoms with van der Waals surface area (Å²) in [5.74, 6) is -0.896. The number of hydrogen-bond donors (Lipinski definition) is 5. The van der Waals surface area contributed by atoms with Crippen LogP contribution < -0.4 is 16.8 Å². The smallest absolute Gasteiger partial charge is 0.320 e. The number of hydrogen-bond acceptors (Lipinski definition) is 5. The summed E-state index contributed by atoms with van der Waals surface area (Å²) in [7, 11) is 0. The summed E-state index contributed by atoms with van der Waals surface area (Å²) in [6, 6.07) is -0.597. The van der Waals surface area contributed by atoms with Crippen LogP contribution >= 0.6 is 0 Å². The summed E-state index contributed by atoms with van der Waals surface area (Å²) >= 11 is 0. The Morgan fingerprint density at radius 2 is 1.78 bits per heavy atom. The van der Waals surface area contributed by atoms with E-state index >= 15 is 0 Å². The van der Waals surface area contributed by atoms with Gasteiger partial charge >= 0.3 is 5.97 Å². The van der Waals surface area contributed by atoms with Gasteiger partial charge in [-0.05, 0) is 45.3 Å². The van der Waals surface area contributed by atoms with Crippen LogP contribution in [0.15, 0.2) is 0 Å². The highest BCUT2D eigenvalue weighted by Gasteiger charge is 2.14. The van der Waals surface area contributed by atoms with Crippen molar-refractivity contribution < 1.29 is 15.0 Å². The predicted octanol–water partition coefficient (Wildman–Crippen LogP) is -0.104. The van der Waals surface area contributed by atoms with Crippen molar-refractivity contribution in [2.24, 2.45) is 11.5 Å². The van der Waals surface area contributed by atoms with Crippen molar-refractivity contribution in [3.8, 4) is 0 Å². The Hall–Kier alpha value is -0.690. The number of carbonyl (C=O) groups is 1. The second kappa shape index (κ2) is 16.3. The largest absolute Gasteiger partial charge is 0.480 e. The van der Waals surface area contributed by atoms with Crippen LogP contribution in [0.2, 0.25) is 0 Å². The van der Waals surface area contributed by atoms with Crippen molar-refractivity contribution in [1.29, 1.82) is 0 Å². The second-order valence-electron chi connectivity index (χ2n) is 4.00. The van der Waals surface area contributed by atoms with E-state index < -0.39 is 12.0 Å². The minimum Gasteiger partial charge on any atom is -0.480 e. The van der Waals surface area contributed by atoms with Gasteiger partial charge in [-0.25, -0.2) is 0 Å². The van der Waals surface area contributed by atoms with Gasteiger partial charge in [0.15, 0.2) is 0 Å². The van der Waals surface area contributed by atoms with Gasteiger partial charge in [-0.1, -0.05) is 13.3 Å². The van der Waals surface area contributed by atoms with Crippen LogP contribution in [0.4, 0.5) is 0 Å². The number of aliphatic hydroxyl groups excluding tert-OH is 1. The summed E-state index contributed by atoms with van der Waals surface area (Å²) < 4.78 is 0. The van der Waals surface area contributed by atoms with Gasteiger partial charge in [0.25, 0.3) is 0 Å². The van der Waals surface area contributed by atoms with E-state index in [1.165, 1.54) is 6.42 Å². The Balaban J connectivity index is 0. The third-order valence-corrected chi connectivity index (χ3v) is 2.26.